The Hall–Kier alpha value is -3.65. The van der Waals surface area contributed by atoms with E-state index in [0.29, 0.717) is 27.3 Å². The zero-order valence-electron chi connectivity index (χ0n) is 18.2. The van der Waals surface area contributed by atoms with Crippen LogP contribution in [0.1, 0.15) is 5.56 Å². The Kier molecular flexibility index (Phi) is 6.74. The van der Waals surface area contributed by atoms with Crippen molar-refractivity contribution in [1.29, 1.82) is 0 Å². The molecule has 0 spiro atoms. The molecule has 0 atom stereocenters. The number of aromatic nitrogens is 2. The number of nitrogens with zero attached hydrogens (tertiary/aromatic N) is 3. The number of hydrogen-bond acceptors (Lipinski definition) is 5. The second kappa shape index (κ2) is 9.87. The molecule has 0 fully saturated rings. The Balaban J connectivity index is 1.57. The maximum atomic E-state index is 14.0. The lowest BCUT2D eigenvalue weighted by Gasteiger charge is -2.18. The summed E-state index contributed by atoms with van der Waals surface area (Å²) in [6.45, 7) is 0.247. The van der Waals surface area contributed by atoms with Gasteiger partial charge in [-0.25, -0.2) is 9.37 Å². The molecule has 33 heavy (non-hydrogen) atoms. The van der Waals surface area contributed by atoms with Gasteiger partial charge in [-0.3, -0.25) is 14.2 Å². The molecule has 0 saturated carbocycles. The van der Waals surface area contributed by atoms with Gasteiger partial charge in [-0.15, -0.1) is 0 Å². The molecule has 1 heterocycles. The minimum absolute atomic E-state index is 0.0761. The monoisotopic (exact) mass is 463 g/mol. The fraction of sp³-hybridized carbons (Fsp3) is 0.160. The number of ether oxygens (including phenoxy) is 1. The first kappa shape index (κ1) is 22.5. The van der Waals surface area contributed by atoms with Crippen LogP contribution in [0.4, 0.5) is 4.39 Å². The van der Waals surface area contributed by atoms with Gasteiger partial charge in [0.2, 0.25) is 5.91 Å². The molecular weight excluding hydrogens is 441 g/mol. The number of para-hydroxylation sites is 2. The lowest BCUT2D eigenvalue weighted by Crippen LogP contribution is -2.28. The van der Waals surface area contributed by atoms with Gasteiger partial charge in [0, 0.05) is 13.6 Å². The second-order valence-corrected chi connectivity index (χ2v) is 8.34. The lowest BCUT2D eigenvalue weighted by molar-refractivity contribution is -0.127. The number of carbonyl (C=O) groups is 1. The number of halogens is 1. The third-order valence-electron chi connectivity index (χ3n) is 5.15. The highest BCUT2D eigenvalue weighted by Crippen LogP contribution is 2.22. The molecule has 3 aromatic carbocycles. The van der Waals surface area contributed by atoms with Gasteiger partial charge in [0.05, 0.1) is 29.5 Å². The first-order valence-electron chi connectivity index (χ1n) is 10.2. The first-order valence-corrected chi connectivity index (χ1v) is 11.2. The summed E-state index contributed by atoms with van der Waals surface area (Å²) < 4.78 is 20.4. The molecule has 0 aliphatic rings. The van der Waals surface area contributed by atoms with E-state index in [9.17, 15) is 14.0 Å². The van der Waals surface area contributed by atoms with Crippen molar-refractivity contribution in [1.82, 2.24) is 14.5 Å². The van der Waals surface area contributed by atoms with Crippen molar-refractivity contribution >= 4 is 28.6 Å². The first-order chi connectivity index (χ1) is 16.0. The van der Waals surface area contributed by atoms with Crippen molar-refractivity contribution in [3.63, 3.8) is 0 Å². The summed E-state index contributed by atoms with van der Waals surface area (Å²) in [5.41, 5.74) is 1.72. The van der Waals surface area contributed by atoms with E-state index in [1.165, 1.54) is 40.5 Å². The Morgan fingerprint density at radius 3 is 2.55 bits per heavy atom. The topological polar surface area (TPSA) is 64.4 Å². The molecule has 8 heteroatoms. The predicted molar refractivity (Wildman–Crippen MR) is 127 cm³/mol. The molecule has 4 aromatic rings. The zero-order valence-corrected chi connectivity index (χ0v) is 19.0. The van der Waals surface area contributed by atoms with E-state index in [4.69, 9.17) is 4.74 Å². The van der Waals surface area contributed by atoms with E-state index in [1.807, 2.05) is 36.4 Å². The summed E-state index contributed by atoms with van der Waals surface area (Å²) in [7, 11) is 3.06. The van der Waals surface area contributed by atoms with Crippen molar-refractivity contribution < 1.29 is 13.9 Å². The molecule has 0 radical (unpaired) electrons. The minimum Gasteiger partial charge on any atom is -0.494 e. The molecule has 0 unspecified atom stereocenters. The number of amides is 1. The maximum absolute atomic E-state index is 14.0. The Morgan fingerprint density at radius 1 is 1.09 bits per heavy atom. The van der Waals surface area contributed by atoms with E-state index in [0.717, 1.165) is 0 Å². The van der Waals surface area contributed by atoms with Crippen LogP contribution in [0.25, 0.3) is 16.6 Å². The highest BCUT2D eigenvalue weighted by Gasteiger charge is 2.17. The van der Waals surface area contributed by atoms with Crippen molar-refractivity contribution in [2.24, 2.45) is 0 Å². The highest BCUT2D eigenvalue weighted by molar-refractivity contribution is 7.99. The normalized spacial score (nSPS) is 10.9. The summed E-state index contributed by atoms with van der Waals surface area (Å²) in [4.78, 5) is 32.2. The molecule has 0 N–H and O–H groups in total. The predicted octanol–water partition coefficient (Wildman–Crippen LogP) is 4.28. The van der Waals surface area contributed by atoms with E-state index < -0.39 is 5.82 Å². The number of fused-ring (bicyclic) bond motifs is 1. The Bertz CT molecular complexity index is 1360. The van der Waals surface area contributed by atoms with Crippen LogP contribution in [-0.4, -0.2) is 40.3 Å². The van der Waals surface area contributed by atoms with Crippen LogP contribution in [0.5, 0.6) is 5.75 Å². The van der Waals surface area contributed by atoms with Crippen molar-refractivity contribution in [3.05, 3.63) is 94.5 Å². The number of benzene rings is 3. The third-order valence-corrected chi connectivity index (χ3v) is 6.07. The Morgan fingerprint density at radius 2 is 1.82 bits per heavy atom. The lowest BCUT2D eigenvalue weighted by atomic mass is 10.2. The average Bonchev–Trinajstić information content (AvgIpc) is 2.83. The van der Waals surface area contributed by atoms with Crippen LogP contribution in [0.3, 0.4) is 0 Å². The van der Waals surface area contributed by atoms with Gasteiger partial charge in [-0.05, 0) is 42.0 Å². The van der Waals surface area contributed by atoms with Crippen LogP contribution in [0.2, 0.25) is 0 Å². The molecule has 0 aliphatic heterocycles. The largest absolute Gasteiger partial charge is 0.494 e. The van der Waals surface area contributed by atoms with Crippen LogP contribution in [0, 0.1) is 5.82 Å². The average molecular weight is 464 g/mol. The van der Waals surface area contributed by atoms with Crippen LogP contribution in [0.15, 0.2) is 82.7 Å². The van der Waals surface area contributed by atoms with Crippen molar-refractivity contribution in [2.75, 3.05) is 19.9 Å². The molecule has 0 bridgehead atoms. The van der Waals surface area contributed by atoms with Crippen LogP contribution in [-0.2, 0) is 11.3 Å². The summed E-state index contributed by atoms with van der Waals surface area (Å²) in [5, 5.41) is 0.942. The van der Waals surface area contributed by atoms with Crippen LogP contribution >= 0.6 is 11.8 Å². The smallest absolute Gasteiger partial charge is 0.266 e. The van der Waals surface area contributed by atoms with E-state index in [1.54, 1.807) is 31.3 Å². The quantitative estimate of drug-likeness (QED) is 0.302. The fourth-order valence-corrected chi connectivity index (χ4v) is 4.37. The van der Waals surface area contributed by atoms with Crippen molar-refractivity contribution in [3.8, 4) is 11.4 Å². The molecule has 6 nitrogen and oxygen atoms in total. The third kappa shape index (κ3) is 4.90. The summed E-state index contributed by atoms with van der Waals surface area (Å²) >= 11 is 1.19. The number of thioether (sulfide) groups is 1. The van der Waals surface area contributed by atoms with E-state index in [2.05, 4.69) is 4.98 Å². The molecular formula is C25H22FN3O3S. The summed E-state index contributed by atoms with van der Waals surface area (Å²) in [6, 6.07) is 21.0. The van der Waals surface area contributed by atoms with Gasteiger partial charge in [0.15, 0.2) is 16.7 Å². The van der Waals surface area contributed by atoms with E-state index in [-0.39, 0.29) is 29.5 Å². The highest BCUT2D eigenvalue weighted by atomic mass is 32.2. The fourth-order valence-electron chi connectivity index (χ4n) is 3.42. The van der Waals surface area contributed by atoms with Gasteiger partial charge in [-0.1, -0.05) is 48.2 Å². The molecule has 0 aliphatic carbocycles. The van der Waals surface area contributed by atoms with Gasteiger partial charge < -0.3 is 9.64 Å². The minimum atomic E-state index is -0.475. The maximum Gasteiger partial charge on any atom is 0.266 e. The number of hydrogen-bond donors (Lipinski definition) is 0. The summed E-state index contributed by atoms with van der Waals surface area (Å²) in [6.07, 6.45) is 0. The SMILES string of the molecule is COc1ccc(CN(C)C(=O)CSc2nc3ccccc3c(=O)n2-c2ccccc2)cc1F. The van der Waals surface area contributed by atoms with Gasteiger partial charge in [-0.2, -0.15) is 0 Å². The van der Waals surface area contributed by atoms with E-state index >= 15 is 0 Å². The van der Waals surface area contributed by atoms with Crippen LogP contribution < -0.4 is 10.3 Å². The number of carbonyl (C=O) groups excluding carboxylic acids is 1. The van der Waals surface area contributed by atoms with Gasteiger partial charge in [0.1, 0.15) is 0 Å². The van der Waals surface area contributed by atoms with Gasteiger partial charge in [0.25, 0.3) is 5.56 Å². The molecule has 0 saturated heterocycles. The van der Waals surface area contributed by atoms with Crippen molar-refractivity contribution in [2.45, 2.75) is 11.7 Å². The molecule has 1 aromatic heterocycles. The molecule has 1 amide bonds. The van der Waals surface area contributed by atoms with Gasteiger partial charge >= 0.3 is 0 Å². The molecule has 4 rings (SSSR count). The molecule has 168 valence electrons. The number of methoxy groups -OCH3 is 1. The Labute approximate surface area is 194 Å². The number of rotatable bonds is 7. The summed E-state index contributed by atoms with van der Waals surface area (Å²) in [5.74, 6) is -0.410. The second-order valence-electron chi connectivity index (χ2n) is 7.40. The standard InChI is InChI=1S/C25H22FN3O3S/c1-28(15-17-12-13-22(32-2)20(26)14-17)23(30)16-33-25-27-21-11-7-6-10-19(21)24(31)29(25)18-8-4-3-5-9-18/h3-14H,15-16H2,1-2H3. The zero-order chi connectivity index (χ0) is 23.4.